The molecule has 0 atom stereocenters. The van der Waals surface area contributed by atoms with Gasteiger partial charge in [0, 0.05) is 34.1 Å². The summed E-state index contributed by atoms with van der Waals surface area (Å²) in [6.45, 7) is 1.72. The minimum Gasteiger partial charge on any atom is -0.332 e. The molecule has 0 aromatic heterocycles. The van der Waals surface area contributed by atoms with E-state index < -0.39 is 4.92 Å². The molecule has 0 fully saturated rings. The van der Waals surface area contributed by atoms with E-state index in [2.05, 4.69) is 16.0 Å². The minimum absolute atomic E-state index is 0.00276. The van der Waals surface area contributed by atoms with Gasteiger partial charge in [0.05, 0.1) is 10.7 Å². The number of nitrogens with one attached hydrogen (secondary N) is 3. The third-order valence-electron chi connectivity index (χ3n) is 4.21. The number of benzene rings is 3. The average Bonchev–Trinajstić information content (AvgIpc) is 2.75. The van der Waals surface area contributed by atoms with Gasteiger partial charge in [-0.25, -0.2) is 0 Å². The quantitative estimate of drug-likeness (QED) is 0.190. The number of aryl methyl sites for hydroxylation is 1. The summed E-state index contributed by atoms with van der Waals surface area (Å²) in [5.41, 5.74) is 2.94. The van der Waals surface area contributed by atoms with Gasteiger partial charge in [-0.1, -0.05) is 18.2 Å². The third kappa shape index (κ3) is 6.80. The Labute approximate surface area is 189 Å². The monoisotopic (exact) mass is 452 g/mol. The zero-order valence-electron chi connectivity index (χ0n) is 16.6. The lowest BCUT2D eigenvalue weighted by molar-refractivity contribution is -0.384. The highest BCUT2D eigenvalue weighted by Gasteiger charge is 2.10. The number of hydrogen-bond acceptors (Lipinski definition) is 5. The molecule has 3 N–H and O–H groups in total. The molecule has 1 amide bonds. The second-order valence-corrected chi connectivity index (χ2v) is 8.02. The fourth-order valence-corrected chi connectivity index (χ4v) is 3.62. The van der Waals surface area contributed by atoms with Gasteiger partial charge in [0.15, 0.2) is 5.11 Å². The molecule has 0 aliphatic heterocycles. The lowest BCUT2D eigenvalue weighted by Crippen LogP contribution is -2.18. The third-order valence-corrected chi connectivity index (χ3v) is 5.42. The van der Waals surface area contributed by atoms with Gasteiger partial charge >= 0.3 is 0 Å². The Morgan fingerprint density at radius 3 is 2.23 bits per heavy atom. The first-order chi connectivity index (χ1) is 14.9. The molecule has 0 aliphatic rings. The molecule has 7 nitrogen and oxygen atoms in total. The molecule has 3 aromatic rings. The number of nitro groups is 1. The maximum Gasteiger partial charge on any atom is 0.269 e. The van der Waals surface area contributed by atoms with E-state index in [-0.39, 0.29) is 17.3 Å². The van der Waals surface area contributed by atoms with Gasteiger partial charge in [-0.2, -0.15) is 0 Å². The molecule has 0 radical (unpaired) electrons. The highest BCUT2D eigenvalue weighted by atomic mass is 32.2. The number of amides is 1. The summed E-state index contributed by atoms with van der Waals surface area (Å²) in [4.78, 5) is 23.5. The maximum absolute atomic E-state index is 12.2. The van der Waals surface area contributed by atoms with Crippen LogP contribution < -0.4 is 16.0 Å². The number of carbonyl (C=O) groups excluding carboxylic acids is 1. The summed E-state index contributed by atoms with van der Waals surface area (Å²) < 4.78 is 0. The molecular weight excluding hydrogens is 432 g/mol. The van der Waals surface area contributed by atoms with Crippen molar-refractivity contribution in [2.45, 2.75) is 11.8 Å². The van der Waals surface area contributed by atoms with Crippen LogP contribution in [-0.4, -0.2) is 21.7 Å². The molecule has 0 spiro atoms. The zero-order chi connectivity index (χ0) is 22.2. The highest BCUT2D eigenvalue weighted by molar-refractivity contribution is 8.00. The number of anilines is 3. The van der Waals surface area contributed by atoms with Gasteiger partial charge in [0.25, 0.3) is 5.69 Å². The first-order valence-corrected chi connectivity index (χ1v) is 10.7. The van der Waals surface area contributed by atoms with E-state index in [9.17, 15) is 14.9 Å². The summed E-state index contributed by atoms with van der Waals surface area (Å²) in [6, 6.07) is 21.6. The van der Waals surface area contributed by atoms with Crippen LogP contribution in [0.2, 0.25) is 0 Å². The molecule has 3 rings (SSSR count). The molecule has 0 saturated heterocycles. The average molecular weight is 453 g/mol. The number of nitro benzene ring substituents is 1. The first-order valence-electron chi connectivity index (χ1n) is 9.31. The molecule has 0 saturated carbocycles. The number of non-ortho nitro benzene ring substituents is 1. The van der Waals surface area contributed by atoms with Crippen LogP contribution in [0.4, 0.5) is 22.7 Å². The van der Waals surface area contributed by atoms with Gasteiger partial charge in [-0.05, 0) is 67.2 Å². The van der Waals surface area contributed by atoms with Crippen LogP contribution in [0.25, 0.3) is 0 Å². The second kappa shape index (κ2) is 10.6. The van der Waals surface area contributed by atoms with Crippen LogP contribution in [-0.2, 0) is 4.79 Å². The normalized spacial score (nSPS) is 10.2. The minimum atomic E-state index is -0.461. The summed E-state index contributed by atoms with van der Waals surface area (Å²) in [7, 11) is 0. The Bertz CT molecular complexity index is 1090. The SMILES string of the molecule is Cc1cc([N+](=O)[O-])ccc1NC(=O)CSc1ccc(NC(=S)Nc2ccccc2)cc1. The van der Waals surface area contributed by atoms with Crippen molar-refractivity contribution in [3.05, 3.63) is 88.5 Å². The van der Waals surface area contributed by atoms with Crippen LogP contribution in [0.1, 0.15) is 5.56 Å². The van der Waals surface area contributed by atoms with Crippen LogP contribution in [0.15, 0.2) is 77.7 Å². The van der Waals surface area contributed by atoms with E-state index >= 15 is 0 Å². The van der Waals surface area contributed by atoms with Crippen molar-refractivity contribution in [1.29, 1.82) is 0 Å². The number of thiocarbonyl (C=S) groups is 1. The predicted octanol–water partition coefficient (Wildman–Crippen LogP) is 5.44. The Morgan fingerprint density at radius 1 is 0.968 bits per heavy atom. The van der Waals surface area contributed by atoms with E-state index in [1.54, 1.807) is 13.0 Å². The molecule has 3 aromatic carbocycles. The smallest absolute Gasteiger partial charge is 0.269 e. The first kappa shape index (κ1) is 22.3. The fourth-order valence-electron chi connectivity index (χ4n) is 2.69. The Kier molecular flexibility index (Phi) is 7.58. The maximum atomic E-state index is 12.2. The van der Waals surface area contributed by atoms with E-state index in [1.807, 2.05) is 54.6 Å². The Morgan fingerprint density at radius 2 is 1.61 bits per heavy atom. The number of nitrogens with zero attached hydrogens (tertiary/aromatic N) is 1. The molecule has 0 bridgehead atoms. The fraction of sp³-hybridized carbons (Fsp3) is 0.0909. The summed E-state index contributed by atoms with van der Waals surface area (Å²) in [6.07, 6.45) is 0. The lowest BCUT2D eigenvalue weighted by Gasteiger charge is -2.11. The van der Waals surface area contributed by atoms with E-state index in [1.165, 1.54) is 23.9 Å². The van der Waals surface area contributed by atoms with Crippen LogP contribution >= 0.6 is 24.0 Å². The van der Waals surface area contributed by atoms with E-state index in [4.69, 9.17) is 12.2 Å². The van der Waals surface area contributed by atoms with Crippen molar-refractivity contribution in [3.63, 3.8) is 0 Å². The Hall–Kier alpha value is -3.43. The molecule has 9 heteroatoms. The second-order valence-electron chi connectivity index (χ2n) is 6.56. The van der Waals surface area contributed by atoms with Crippen molar-refractivity contribution in [1.82, 2.24) is 0 Å². The van der Waals surface area contributed by atoms with Crippen molar-refractivity contribution in [2.75, 3.05) is 21.7 Å². The molecule has 0 aliphatic carbocycles. The molecule has 0 unspecified atom stereocenters. The zero-order valence-corrected chi connectivity index (χ0v) is 18.3. The van der Waals surface area contributed by atoms with Crippen molar-refractivity contribution < 1.29 is 9.72 Å². The molecule has 31 heavy (non-hydrogen) atoms. The molecule has 158 valence electrons. The van der Waals surface area contributed by atoms with Crippen molar-refractivity contribution >= 4 is 57.7 Å². The highest BCUT2D eigenvalue weighted by Crippen LogP contribution is 2.23. The topological polar surface area (TPSA) is 96.3 Å². The van der Waals surface area contributed by atoms with Crippen molar-refractivity contribution in [2.24, 2.45) is 0 Å². The Balaban J connectivity index is 1.48. The van der Waals surface area contributed by atoms with E-state index in [0.29, 0.717) is 16.4 Å². The van der Waals surface area contributed by atoms with Crippen LogP contribution in [0.3, 0.4) is 0 Å². The van der Waals surface area contributed by atoms with Crippen LogP contribution in [0.5, 0.6) is 0 Å². The van der Waals surface area contributed by atoms with Gasteiger partial charge < -0.3 is 16.0 Å². The number of thioether (sulfide) groups is 1. The van der Waals surface area contributed by atoms with Gasteiger partial charge in [-0.3, -0.25) is 14.9 Å². The number of para-hydroxylation sites is 1. The van der Waals surface area contributed by atoms with Crippen molar-refractivity contribution in [3.8, 4) is 0 Å². The lowest BCUT2D eigenvalue weighted by atomic mass is 10.2. The van der Waals surface area contributed by atoms with Gasteiger partial charge in [-0.15, -0.1) is 11.8 Å². The number of carbonyl (C=O) groups is 1. The largest absolute Gasteiger partial charge is 0.332 e. The van der Waals surface area contributed by atoms with E-state index in [0.717, 1.165) is 16.3 Å². The van der Waals surface area contributed by atoms with Gasteiger partial charge in [0.2, 0.25) is 5.91 Å². The summed E-state index contributed by atoms with van der Waals surface area (Å²) in [5, 5.41) is 20.3. The number of rotatable bonds is 7. The molecule has 0 heterocycles. The summed E-state index contributed by atoms with van der Waals surface area (Å²) in [5.74, 6) is 0.0365. The summed E-state index contributed by atoms with van der Waals surface area (Å²) >= 11 is 6.71. The standard InChI is InChI=1S/C22H20N4O3S2/c1-15-13-18(26(28)29)9-12-20(15)25-21(27)14-31-19-10-7-17(8-11-19)24-22(30)23-16-5-3-2-4-6-16/h2-13H,14H2,1H3,(H,25,27)(H2,23,24,30). The van der Waals surface area contributed by atoms with Crippen LogP contribution in [0, 0.1) is 17.0 Å². The number of hydrogen-bond donors (Lipinski definition) is 3. The predicted molar refractivity (Wildman–Crippen MR) is 130 cm³/mol. The molecular formula is C22H20N4O3S2. The van der Waals surface area contributed by atoms with Gasteiger partial charge in [0.1, 0.15) is 0 Å².